The van der Waals surface area contributed by atoms with Gasteiger partial charge in [-0.2, -0.15) is 0 Å². The third kappa shape index (κ3) is 2.64. The molecule has 1 aromatic heterocycles. The third-order valence-corrected chi connectivity index (χ3v) is 3.85. The lowest BCUT2D eigenvalue weighted by molar-refractivity contribution is 0.102. The molecule has 4 rings (SSSR count). The molecule has 3 heteroatoms. The van der Waals surface area contributed by atoms with Crippen LogP contribution in [0.3, 0.4) is 0 Å². The molecule has 0 saturated carbocycles. The first-order valence-corrected chi connectivity index (χ1v) is 7.45. The second kappa shape index (κ2) is 5.54. The maximum Gasteiger partial charge on any atom is 0.256 e. The molecule has 3 nitrogen and oxygen atoms in total. The van der Waals surface area contributed by atoms with Gasteiger partial charge in [0.15, 0.2) is 0 Å². The molecular formula is C20H14N2O. The number of amides is 1. The smallest absolute Gasteiger partial charge is 0.256 e. The summed E-state index contributed by atoms with van der Waals surface area (Å²) in [7, 11) is 0. The zero-order valence-electron chi connectivity index (χ0n) is 12.4. The van der Waals surface area contributed by atoms with E-state index in [1.807, 2.05) is 78.9 Å². The molecule has 0 atom stereocenters. The summed E-state index contributed by atoms with van der Waals surface area (Å²) in [5.41, 5.74) is 1.49. The zero-order chi connectivity index (χ0) is 15.6. The first kappa shape index (κ1) is 13.5. The van der Waals surface area contributed by atoms with E-state index in [9.17, 15) is 4.79 Å². The minimum atomic E-state index is -0.154. The second-order valence-corrected chi connectivity index (χ2v) is 5.41. The van der Waals surface area contributed by atoms with Crippen molar-refractivity contribution in [3.63, 3.8) is 0 Å². The summed E-state index contributed by atoms with van der Waals surface area (Å²) in [5.74, 6) is 0.403. The first-order chi connectivity index (χ1) is 11.3. The quantitative estimate of drug-likeness (QED) is 0.585. The molecular weight excluding hydrogens is 284 g/mol. The van der Waals surface area contributed by atoms with Crippen molar-refractivity contribution in [2.75, 3.05) is 5.32 Å². The van der Waals surface area contributed by atoms with Crippen molar-refractivity contribution >= 4 is 33.4 Å². The zero-order valence-corrected chi connectivity index (χ0v) is 12.4. The number of hydrogen-bond acceptors (Lipinski definition) is 2. The molecule has 0 unspecified atom stereocenters. The second-order valence-electron chi connectivity index (χ2n) is 5.41. The van der Waals surface area contributed by atoms with Crippen molar-refractivity contribution in [3.05, 3.63) is 84.4 Å². The summed E-state index contributed by atoms with van der Waals surface area (Å²) >= 11 is 0. The van der Waals surface area contributed by atoms with Gasteiger partial charge < -0.3 is 5.32 Å². The van der Waals surface area contributed by atoms with E-state index >= 15 is 0 Å². The number of fused-ring (bicyclic) bond motifs is 2. The Morgan fingerprint density at radius 1 is 0.739 bits per heavy atom. The molecule has 0 radical (unpaired) electrons. The number of benzene rings is 3. The van der Waals surface area contributed by atoms with Crippen LogP contribution < -0.4 is 5.32 Å². The Morgan fingerprint density at radius 3 is 2.30 bits per heavy atom. The highest BCUT2D eigenvalue weighted by Crippen LogP contribution is 2.18. The summed E-state index contributed by atoms with van der Waals surface area (Å²) in [5, 5.41) is 6.08. The van der Waals surface area contributed by atoms with Crippen molar-refractivity contribution < 1.29 is 4.79 Å². The van der Waals surface area contributed by atoms with Gasteiger partial charge in [-0.1, -0.05) is 48.5 Å². The summed E-state index contributed by atoms with van der Waals surface area (Å²) < 4.78 is 0. The van der Waals surface area contributed by atoms with Gasteiger partial charge in [0.1, 0.15) is 5.82 Å². The van der Waals surface area contributed by atoms with E-state index in [0.29, 0.717) is 11.4 Å². The van der Waals surface area contributed by atoms with Crippen LogP contribution in [-0.2, 0) is 0 Å². The van der Waals surface area contributed by atoms with Crippen molar-refractivity contribution in [2.45, 2.75) is 0 Å². The molecule has 1 heterocycles. The Hall–Kier alpha value is -3.20. The lowest BCUT2D eigenvalue weighted by Gasteiger charge is -2.07. The van der Waals surface area contributed by atoms with E-state index in [4.69, 9.17) is 0 Å². The fourth-order valence-electron chi connectivity index (χ4n) is 2.65. The average Bonchev–Trinajstić information content (AvgIpc) is 2.61. The lowest BCUT2D eigenvalue weighted by atomic mass is 10.1. The monoisotopic (exact) mass is 298 g/mol. The van der Waals surface area contributed by atoms with Gasteiger partial charge in [0.2, 0.25) is 0 Å². The van der Waals surface area contributed by atoms with Crippen molar-refractivity contribution in [1.29, 1.82) is 0 Å². The predicted octanol–water partition coefficient (Wildman–Crippen LogP) is 4.64. The largest absolute Gasteiger partial charge is 0.307 e. The summed E-state index contributed by atoms with van der Waals surface area (Å²) in [4.78, 5) is 16.9. The molecule has 110 valence electrons. The first-order valence-electron chi connectivity index (χ1n) is 7.45. The Bertz CT molecular complexity index is 1020. The van der Waals surface area contributed by atoms with Crippen LogP contribution in [0.25, 0.3) is 21.7 Å². The van der Waals surface area contributed by atoms with Gasteiger partial charge in [-0.3, -0.25) is 4.79 Å². The molecule has 1 amide bonds. The number of nitrogens with zero attached hydrogens (tertiary/aromatic N) is 1. The maximum atomic E-state index is 12.4. The molecule has 0 bridgehead atoms. The molecule has 0 saturated heterocycles. The molecule has 0 aliphatic heterocycles. The van der Waals surface area contributed by atoms with E-state index in [0.717, 1.165) is 21.7 Å². The van der Waals surface area contributed by atoms with Crippen LogP contribution >= 0.6 is 0 Å². The van der Waals surface area contributed by atoms with Gasteiger partial charge in [-0.15, -0.1) is 0 Å². The van der Waals surface area contributed by atoms with Crippen LogP contribution in [0, 0.1) is 0 Å². The van der Waals surface area contributed by atoms with Crippen LogP contribution in [0.5, 0.6) is 0 Å². The molecule has 4 aromatic rings. The SMILES string of the molecule is O=C(Nc1ccc2ccccc2n1)c1ccc2ccccc2c1. The highest BCUT2D eigenvalue weighted by Gasteiger charge is 2.08. The predicted molar refractivity (Wildman–Crippen MR) is 93.6 cm³/mol. The summed E-state index contributed by atoms with van der Waals surface area (Å²) in [6.07, 6.45) is 0. The van der Waals surface area contributed by atoms with Gasteiger partial charge in [-0.25, -0.2) is 4.98 Å². The highest BCUT2D eigenvalue weighted by molar-refractivity contribution is 6.06. The molecule has 0 fully saturated rings. The number of pyridine rings is 1. The Balaban J connectivity index is 1.64. The number of hydrogen-bond donors (Lipinski definition) is 1. The van der Waals surface area contributed by atoms with Crippen LogP contribution in [0.1, 0.15) is 10.4 Å². The highest BCUT2D eigenvalue weighted by atomic mass is 16.1. The lowest BCUT2D eigenvalue weighted by Crippen LogP contribution is -2.12. The topological polar surface area (TPSA) is 42.0 Å². The fourth-order valence-corrected chi connectivity index (χ4v) is 2.65. The van der Waals surface area contributed by atoms with Gasteiger partial charge in [0, 0.05) is 10.9 Å². The van der Waals surface area contributed by atoms with Crippen molar-refractivity contribution in [3.8, 4) is 0 Å². The molecule has 23 heavy (non-hydrogen) atoms. The molecule has 0 aliphatic rings. The standard InChI is InChI=1S/C20H14N2O/c23-20(17-10-9-14-5-1-2-7-16(14)13-17)22-19-12-11-15-6-3-4-8-18(15)21-19/h1-13H,(H,21,22,23). The molecule has 1 N–H and O–H groups in total. The number of rotatable bonds is 2. The van der Waals surface area contributed by atoms with Crippen LogP contribution in [0.15, 0.2) is 78.9 Å². The number of anilines is 1. The summed E-state index contributed by atoms with van der Waals surface area (Å²) in [6.45, 7) is 0. The van der Waals surface area contributed by atoms with Gasteiger partial charge in [-0.05, 0) is 41.1 Å². The molecule has 3 aromatic carbocycles. The molecule has 0 spiro atoms. The van der Waals surface area contributed by atoms with Gasteiger partial charge in [0.05, 0.1) is 5.52 Å². The number of carbonyl (C=O) groups is 1. The van der Waals surface area contributed by atoms with E-state index in [1.165, 1.54) is 0 Å². The average molecular weight is 298 g/mol. The minimum absolute atomic E-state index is 0.154. The number of carbonyl (C=O) groups excluding carboxylic acids is 1. The van der Waals surface area contributed by atoms with E-state index in [1.54, 1.807) is 0 Å². The van der Waals surface area contributed by atoms with E-state index < -0.39 is 0 Å². The minimum Gasteiger partial charge on any atom is -0.307 e. The van der Waals surface area contributed by atoms with Crippen LogP contribution in [0.2, 0.25) is 0 Å². The fraction of sp³-hybridized carbons (Fsp3) is 0. The number of nitrogens with one attached hydrogen (secondary N) is 1. The van der Waals surface area contributed by atoms with Crippen LogP contribution in [-0.4, -0.2) is 10.9 Å². The normalized spacial score (nSPS) is 10.8. The Kier molecular flexibility index (Phi) is 3.24. The summed E-state index contributed by atoms with van der Waals surface area (Å²) in [6, 6.07) is 25.3. The number of para-hydroxylation sites is 1. The van der Waals surface area contributed by atoms with E-state index in [-0.39, 0.29) is 5.91 Å². The Morgan fingerprint density at radius 2 is 1.43 bits per heavy atom. The van der Waals surface area contributed by atoms with Gasteiger partial charge >= 0.3 is 0 Å². The number of aromatic nitrogens is 1. The van der Waals surface area contributed by atoms with Crippen molar-refractivity contribution in [1.82, 2.24) is 4.98 Å². The Labute approximate surface area is 133 Å². The van der Waals surface area contributed by atoms with E-state index in [2.05, 4.69) is 10.3 Å². The van der Waals surface area contributed by atoms with Gasteiger partial charge in [0.25, 0.3) is 5.91 Å². The maximum absolute atomic E-state index is 12.4. The van der Waals surface area contributed by atoms with Crippen LogP contribution in [0.4, 0.5) is 5.82 Å². The van der Waals surface area contributed by atoms with Crippen molar-refractivity contribution in [2.24, 2.45) is 0 Å². The third-order valence-electron chi connectivity index (χ3n) is 3.85. The molecule has 0 aliphatic carbocycles.